The molecule has 0 aliphatic carbocycles. The van der Waals surface area contributed by atoms with Crippen LogP contribution in [-0.2, 0) is 15.3 Å². The van der Waals surface area contributed by atoms with Crippen molar-refractivity contribution in [2.45, 2.75) is 12.7 Å². The van der Waals surface area contributed by atoms with E-state index in [4.69, 9.17) is 5.11 Å². The van der Waals surface area contributed by atoms with E-state index in [1.54, 1.807) is 19.1 Å². The number of aliphatic carboxylic acids is 1. The first-order valence-electron chi connectivity index (χ1n) is 5.84. The summed E-state index contributed by atoms with van der Waals surface area (Å²) in [6, 6.07) is 6.09. The summed E-state index contributed by atoms with van der Waals surface area (Å²) in [6.45, 7) is 1.85. The molecule has 0 heterocycles. The smallest absolute Gasteiger partial charge is 0.323 e. The molecule has 4 nitrogen and oxygen atoms in total. The van der Waals surface area contributed by atoms with E-state index in [0.717, 1.165) is 5.56 Å². The number of likely N-dealkylation sites (N-methyl/N-ethyl adjacent to an activating group) is 1. The third kappa shape index (κ3) is 5.74. The lowest BCUT2D eigenvalue weighted by molar-refractivity contribution is -0.143. The van der Waals surface area contributed by atoms with E-state index in [2.05, 4.69) is 0 Å². The van der Waals surface area contributed by atoms with Crippen molar-refractivity contribution in [2.75, 3.05) is 18.8 Å². The van der Waals surface area contributed by atoms with E-state index in [9.17, 15) is 14.0 Å². The van der Waals surface area contributed by atoms with E-state index < -0.39 is 5.97 Å². The van der Waals surface area contributed by atoms with E-state index in [0.29, 0.717) is 12.3 Å². The average Bonchev–Trinajstić information content (AvgIpc) is 2.38. The molecule has 104 valence electrons. The van der Waals surface area contributed by atoms with Crippen molar-refractivity contribution in [2.24, 2.45) is 0 Å². The van der Waals surface area contributed by atoms with Crippen molar-refractivity contribution in [3.05, 3.63) is 35.6 Å². The van der Waals surface area contributed by atoms with Gasteiger partial charge in [-0.25, -0.2) is 4.39 Å². The molecular weight excluding hydrogens is 269 g/mol. The lowest BCUT2D eigenvalue weighted by Gasteiger charge is -2.18. The normalized spacial score (nSPS) is 10.2. The highest BCUT2D eigenvalue weighted by Gasteiger charge is 2.14. The first-order valence-corrected chi connectivity index (χ1v) is 7.00. The fourth-order valence-electron chi connectivity index (χ4n) is 1.47. The molecule has 1 amide bonds. The molecule has 0 aliphatic heterocycles. The van der Waals surface area contributed by atoms with E-state index in [-0.39, 0.29) is 24.0 Å². The maximum absolute atomic E-state index is 12.7. The molecule has 0 saturated carbocycles. The van der Waals surface area contributed by atoms with Crippen LogP contribution in [0.2, 0.25) is 0 Å². The number of thioether (sulfide) groups is 1. The molecule has 0 aromatic heterocycles. The fraction of sp³-hybridized carbons (Fsp3) is 0.385. The molecule has 0 atom stereocenters. The first kappa shape index (κ1) is 15.5. The SMILES string of the molecule is CCN(CC(=O)O)C(=O)CSCc1ccc(F)cc1. The van der Waals surface area contributed by atoms with Crippen LogP contribution in [0.25, 0.3) is 0 Å². The van der Waals surface area contributed by atoms with Gasteiger partial charge >= 0.3 is 5.97 Å². The average molecular weight is 285 g/mol. The summed E-state index contributed by atoms with van der Waals surface area (Å²) in [7, 11) is 0. The lowest BCUT2D eigenvalue weighted by atomic mass is 10.2. The minimum Gasteiger partial charge on any atom is -0.480 e. The Morgan fingerprint density at radius 3 is 2.47 bits per heavy atom. The highest BCUT2D eigenvalue weighted by atomic mass is 32.2. The van der Waals surface area contributed by atoms with Crippen LogP contribution in [0.4, 0.5) is 4.39 Å². The standard InChI is InChI=1S/C13H16FNO3S/c1-2-15(7-13(17)18)12(16)9-19-8-10-3-5-11(14)6-4-10/h3-6H,2,7-9H2,1H3,(H,17,18). The zero-order valence-corrected chi connectivity index (χ0v) is 11.5. The fourth-order valence-corrected chi connectivity index (χ4v) is 2.36. The van der Waals surface area contributed by atoms with Gasteiger partial charge in [-0.2, -0.15) is 0 Å². The Balaban J connectivity index is 2.37. The molecule has 1 rings (SSSR count). The number of halogens is 1. The summed E-state index contributed by atoms with van der Waals surface area (Å²) in [5, 5.41) is 8.66. The van der Waals surface area contributed by atoms with Crippen LogP contribution in [0.5, 0.6) is 0 Å². The molecule has 1 aromatic rings. The third-order valence-corrected chi connectivity index (χ3v) is 3.46. The summed E-state index contributed by atoms with van der Waals surface area (Å²) in [5.74, 6) is -0.686. The summed E-state index contributed by atoms with van der Waals surface area (Å²) in [4.78, 5) is 23.6. The number of amides is 1. The largest absolute Gasteiger partial charge is 0.480 e. The van der Waals surface area contributed by atoms with Gasteiger partial charge in [0, 0.05) is 12.3 Å². The zero-order valence-electron chi connectivity index (χ0n) is 10.6. The van der Waals surface area contributed by atoms with Crippen LogP contribution < -0.4 is 0 Å². The van der Waals surface area contributed by atoms with Crippen molar-refractivity contribution >= 4 is 23.6 Å². The summed E-state index contributed by atoms with van der Waals surface area (Å²) in [5.41, 5.74) is 0.931. The van der Waals surface area contributed by atoms with Gasteiger partial charge in [-0.05, 0) is 24.6 Å². The van der Waals surface area contributed by atoms with Gasteiger partial charge < -0.3 is 10.0 Å². The number of benzene rings is 1. The molecular formula is C13H16FNO3S. The summed E-state index contributed by atoms with van der Waals surface area (Å²) < 4.78 is 12.7. The molecule has 19 heavy (non-hydrogen) atoms. The molecule has 1 aromatic carbocycles. The topological polar surface area (TPSA) is 57.6 Å². The zero-order chi connectivity index (χ0) is 14.3. The van der Waals surface area contributed by atoms with E-state index >= 15 is 0 Å². The number of carboxylic acid groups (broad SMARTS) is 1. The predicted molar refractivity (Wildman–Crippen MR) is 72.5 cm³/mol. The molecule has 6 heteroatoms. The molecule has 1 N–H and O–H groups in total. The molecule has 0 unspecified atom stereocenters. The summed E-state index contributed by atoms with van der Waals surface area (Å²) >= 11 is 1.38. The van der Waals surface area contributed by atoms with Crippen molar-refractivity contribution in [1.82, 2.24) is 4.90 Å². The Morgan fingerprint density at radius 2 is 1.95 bits per heavy atom. The van der Waals surface area contributed by atoms with Crippen LogP contribution in [0.1, 0.15) is 12.5 Å². The number of carbonyl (C=O) groups excluding carboxylic acids is 1. The van der Waals surface area contributed by atoms with Crippen LogP contribution in [0.15, 0.2) is 24.3 Å². The number of carbonyl (C=O) groups is 2. The Bertz CT molecular complexity index is 436. The highest BCUT2D eigenvalue weighted by molar-refractivity contribution is 7.99. The van der Waals surface area contributed by atoms with Gasteiger partial charge in [0.25, 0.3) is 0 Å². The first-order chi connectivity index (χ1) is 9.02. The van der Waals surface area contributed by atoms with Crippen LogP contribution in [0.3, 0.4) is 0 Å². The van der Waals surface area contributed by atoms with Crippen molar-refractivity contribution in [1.29, 1.82) is 0 Å². The van der Waals surface area contributed by atoms with Crippen LogP contribution >= 0.6 is 11.8 Å². The maximum Gasteiger partial charge on any atom is 0.323 e. The Hall–Kier alpha value is -1.56. The Kier molecular flexibility index (Phi) is 6.35. The van der Waals surface area contributed by atoms with Gasteiger partial charge in [-0.15, -0.1) is 11.8 Å². The Labute approximate surface area is 115 Å². The summed E-state index contributed by atoms with van der Waals surface area (Å²) in [6.07, 6.45) is 0. The van der Waals surface area contributed by atoms with Gasteiger partial charge in [0.2, 0.25) is 5.91 Å². The van der Waals surface area contributed by atoms with Crippen molar-refractivity contribution in [3.63, 3.8) is 0 Å². The molecule has 0 spiro atoms. The third-order valence-electron chi connectivity index (χ3n) is 2.47. The van der Waals surface area contributed by atoms with Crippen LogP contribution in [-0.4, -0.2) is 40.7 Å². The highest BCUT2D eigenvalue weighted by Crippen LogP contribution is 2.13. The van der Waals surface area contributed by atoms with Gasteiger partial charge in [-0.1, -0.05) is 12.1 Å². The molecule has 0 radical (unpaired) electrons. The predicted octanol–water partition coefficient (Wildman–Crippen LogP) is 1.99. The van der Waals surface area contributed by atoms with E-state index in [1.165, 1.54) is 28.8 Å². The minimum atomic E-state index is -1.02. The second-order valence-corrected chi connectivity index (χ2v) is 4.91. The van der Waals surface area contributed by atoms with Crippen molar-refractivity contribution < 1.29 is 19.1 Å². The number of rotatable bonds is 7. The quantitative estimate of drug-likeness (QED) is 0.832. The van der Waals surface area contributed by atoms with Gasteiger partial charge in [0.1, 0.15) is 12.4 Å². The molecule has 0 bridgehead atoms. The minimum absolute atomic E-state index is 0.197. The second kappa shape index (κ2) is 7.78. The van der Waals surface area contributed by atoms with Gasteiger partial charge in [0.15, 0.2) is 0 Å². The molecule has 0 fully saturated rings. The number of hydrogen-bond donors (Lipinski definition) is 1. The number of nitrogens with zero attached hydrogens (tertiary/aromatic N) is 1. The second-order valence-electron chi connectivity index (χ2n) is 3.92. The van der Waals surface area contributed by atoms with Crippen LogP contribution in [0, 0.1) is 5.82 Å². The van der Waals surface area contributed by atoms with Gasteiger partial charge in [0.05, 0.1) is 5.75 Å². The van der Waals surface area contributed by atoms with E-state index in [1.807, 2.05) is 0 Å². The maximum atomic E-state index is 12.7. The Morgan fingerprint density at radius 1 is 1.32 bits per heavy atom. The van der Waals surface area contributed by atoms with Gasteiger partial charge in [-0.3, -0.25) is 9.59 Å². The number of carboxylic acids is 1. The molecule has 0 aliphatic rings. The molecule has 0 saturated heterocycles. The monoisotopic (exact) mass is 285 g/mol. The van der Waals surface area contributed by atoms with Crippen molar-refractivity contribution in [3.8, 4) is 0 Å². The number of hydrogen-bond acceptors (Lipinski definition) is 3. The lowest BCUT2D eigenvalue weighted by Crippen LogP contribution is -2.36.